The third-order valence-electron chi connectivity index (χ3n) is 1.84. The predicted octanol–water partition coefficient (Wildman–Crippen LogP) is 1.18. The summed E-state index contributed by atoms with van der Waals surface area (Å²) in [7, 11) is 0. The first kappa shape index (κ1) is 11.0. The van der Waals surface area contributed by atoms with E-state index in [-0.39, 0.29) is 6.42 Å². The molecule has 0 spiro atoms. The summed E-state index contributed by atoms with van der Waals surface area (Å²) in [4.78, 5) is 10.3. The second-order valence-electron chi connectivity index (χ2n) is 3.18. The number of carbonyl (C=O) groups is 1. The highest BCUT2D eigenvalue weighted by molar-refractivity contribution is 5.66. The minimum atomic E-state index is -0.839. The number of aliphatic carboxylic acids is 1. The molecule has 78 valence electrons. The van der Waals surface area contributed by atoms with Crippen molar-refractivity contribution in [1.82, 2.24) is 9.78 Å². The van der Waals surface area contributed by atoms with Crippen LogP contribution in [0.2, 0.25) is 0 Å². The smallest absolute Gasteiger partial charge is 0.303 e. The molecule has 1 aromatic rings. The topological polar surface area (TPSA) is 78.9 Å². The molecule has 0 saturated carbocycles. The molecule has 5 heteroatoms. The molecule has 1 N–H and O–H groups in total. The minimum Gasteiger partial charge on any atom is -0.481 e. The summed E-state index contributed by atoms with van der Waals surface area (Å²) in [6, 6.07) is 1.96. The molecule has 1 heterocycles. The van der Waals surface area contributed by atoms with Gasteiger partial charge in [-0.05, 0) is 6.42 Å². The van der Waals surface area contributed by atoms with E-state index in [0.717, 1.165) is 5.57 Å². The number of carboxylic acids is 1. The van der Waals surface area contributed by atoms with Gasteiger partial charge in [-0.25, -0.2) is 0 Å². The molecule has 1 aromatic heterocycles. The molecule has 0 aromatic carbocycles. The van der Waals surface area contributed by atoms with Crippen LogP contribution in [-0.4, -0.2) is 20.9 Å². The van der Waals surface area contributed by atoms with Crippen LogP contribution in [0.3, 0.4) is 0 Å². The maximum Gasteiger partial charge on any atom is 0.303 e. The molecule has 0 aliphatic heterocycles. The van der Waals surface area contributed by atoms with Crippen molar-refractivity contribution >= 4 is 5.97 Å². The molecule has 5 nitrogen and oxygen atoms in total. The average molecular weight is 205 g/mol. The number of nitrogens with zero attached hydrogens (tertiary/aromatic N) is 3. The lowest BCUT2D eigenvalue weighted by Crippen LogP contribution is -2.03. The van der Waals surface area contributed by atoms with Crippen LogP contribution in [0, 0.1) is 11.3 Å². The van der Waals surface area contributed by atoms with Crippen LogP contribution in [0.15, 0.2) is 24.5 Å². The van der Waals surface area contributed by atoms with Crippen LogP contribution < -0.4 is 0 Å². The summed E-state index contributed by atoms with van der Waals surface area (Å²) in [5.41, 5.74) is 1.27. The van der Waals surface area contributed by atoms with E-state index in [1.165, 1.54) is 6.20 Å². The Balaban J connectivity index is 2.45. The Morgan fingerprint density at radius 3 is 2.93 bits per heavy atom. The van der Waals surface area contributed by atoms with Gasteiger partial charge in [0.25, 0.3) is 0 Å². The Labute approximate surface area is 87.3 Å². The van der Waals surface area contributed by atoms with E-state index in [9.17, 15) is 4.79 Å². The van der Waals surface area contributed by atoms with Crippen molar-refractivity contribution in [3.05, 3.63) is 30.1 Å². The predicted molar refractivity (Wildman–Crippen MR) is 53.0 cm³/mol. The molecule has 0 aliphatic carbocycles. The van der Waals surface area contributed by atoms with E-state index in [1.54, 1.807) is 10.9 Å². The number of aromatic nitrogens is 2. The van der Waals surface area contributed by atoms with Gasteiger partial charge in [-0.1, -0.05) is 12.2 Å². The van der Waals surface area contributed by atoms with Gasteiger partial charge in [0.1, 0.15) is 6.07 Å². The van der Waals surface area contributed by atoms with Gasteiger partial charge in [0, 0.05) is 12.6 Å². The number of allylic oxidation sites excluding steroid dienone is 1. The van der Waals surface area contributed by atoms with Crippen molar-refractivity contribution in [2.45, 2.75) is 19.4 Å². The van der Waals surface area contributed by atoms with Gasteiger partial charge in [-0.2, -0.15) is 10.4 Å². The van der Waals surface area contributed by atoms with Crippen LogP contribution >= 0.6 is 0 Å². The summed E-state index contributed by atoms with van der Waals surface area (Å²) in [6.45, 7) is 4.20. The molecule has 0 unspecified atom stereocenters. The number of hydrogen-bond acceptors (Lipinski definition) is 3. The maximum atomic E-state index is 10.3. The second kappa shape index (κ2) is 4.96. The fraction of sp³-hybridized carbons (Fsp3) is 0.300. The number of nitriles is 1. The largest absolute Gasteiger partial charge is 0.481 e. The number of rotatable bonds is 5. The van der Waals surface area contributed by atoms with Gasteiger partial charge in [0.15, 0.2) is 0 Å². The molecule has 0 bridgehead atoms. The molecular formula is C10H11N3O2. The molecule has 1 rings (SSSR count). The molecular weight excluding hydrogens is 194 g/mol. The van der Waals surface area contributed by atoms with E-state index in [4.69, 9.17) is 10.4 Å². The van der Waals surface area contributed by atoms with Gasteiger partial charge in [0.05, 0.1) is 18.3 Å². The fourth-order valence-electron chi connectivity index (χ4n) is 1.10. The summed E-state index contributed by atoms with van der Waals surface area (Å²) in [5.74, 6) is -0.839. The Bertz CT molecular complexity index is 415. The van der Waals surface area contributed by atoms with Crippen molar-refractivity contribution in [1.29, 1.82) is 5.26 Å². The lowest BCUT2D eigenvalue weighted by atomic mass is 10.1. The van der Waals surface area contributed by atoms with Gasteiger partial charge >= 0.3 is 5.97 Å². The number of carboxylic acid groups (broad SMARTS) is 1. The quantitative estimate of drug-likeness (QED) is 0.732. The van der Waals surface area contributed by atoms with E-state index in [0.29, 0.717) is 18.5 Å². The van der Waals surface area contributed by atoms with Crippen molar-refractivity contribution in [2.75, 3.05) is 0 Å². The maximum absolute atomic E-state index is 10.3. The Morgan fingerprint density at radius 1 is 1.67 bits per heavy atom. The normalized spacial score (nSPS) is 9.53. The van der Waals surface area contributed by atoms with E-state index < -0.39 is 5.97 Å². The first-order chi connectivity index (χ1) is 7.11. The van der Waals surface area contributed by atoms with Crippen LogP contribution in [-0.2, 0) is 11.3 Å². The van der Waals surface area contributed by atoms with E-state index >= 15 is 0 Å². The van der Waals surface area contributed by atoms with Crippen molar-refractivity contribution in [3.63, 3.8) is 0 Å². The Morgan fingerprint density at radius 2 is 2.40 bits per heavy atom. The lowest BCUT2D eigenvalue weighted by molar-refractivity contribution is -0.136. The molecule has 0 atom stereocenters. The van der Waals surface area contributed by atoms with Gasteiger partial charge in [-0.15, -0.1) is 0 Å². The monoisotopic (exact) mass is 205 g/mol. The zero-order valence-electron chi connectivity index (χ0n) is 8.18. The highest BCUT2D eigenvalue weighted by Gasteiger charge is 2.02. The summed E-state index contributed by atoms with van der Waals surface area (Å²) >= 11 is 0. The summed E-state index contributed by atoms with van der Waals surface area (Å²) < 4.78 is 1.57. The molecule has 0 radical (unpaired) electrons. The highest BCUT2D eigenvalue weighted by atomic mass is 16.4. The average Bonchev–Trinajstić information content (AvgIpc) is 2.62. The Kier molecular flexibility index (Phi) is 3.63. The molecule has 0 amide bonds. The van der Waals surface area contributed by atoms with Crippen molar-refractivity contribution < 1.29 is 9.90 Å². The van der Waals surface area contributed by atoms with E-state index in [1.807, 2.05) is 6.07 Å². The van der Waals surface area contributed by atoms with E-state index in [2.05, 4.69) is 11.7 Å². The zero-order chi connectivity index (χ0) is 11.3. The van der Waals surface area contributed by atoms with Crippen molar-refractivity contribution in [2.24, 2.45) is 0 Å². The fourth-order valence-corrected chi connectivity index (χ4v) is 1.10. The molecule has 0 aliphatic rings. The highest BCUT2D eigenvalue weighted by Crippen LogP contribution is 2.06. The third kappa shape index (κ3) is 3.65. The molecule has 15 heavy (non-hydrogen) atoms. The van der Waals surface area contributed by atoms with Crippen LogP contribution in [0.5, 0.6) is 0 Å². The third-order valence-corrected chi connectivity index (χ3v) is 1.84. The standard InChI is InChI=1S/C10H11N3O2/c1-8(2-3-10(14)15)6-13-7-9(4-11)5-12-13/h5,7H,1-3,6H2,(H,14,15). The minimum absolute atomic E-state index is 0.0746. The van der Waals surface area contributed by atoms with Crippen molar-refractivity contribution in [3.8, 4) is 6.07 Å². The Hall–Kier alpha value is -2.09. The first-order valence-electron chi connectivity index (χ1n) is 4.43. The molecule has 0 saturated heterocycles. The lowest BCUT2D eigenvalue weighted by Gasteiger charge is -2.03. The van der Waals surface area contributed by atoms with Gasteiger partial charge < -0.3 is 5.11 Å². The zero-order valence-corrected chi connectivity index (χ0v) is 8.18. The van der Waals surface area contributed by atoms with Crippen LogP contribution in [0.25, 0.3) is 0 Å². The van der Waals surface area contributed by atoms with Crippen LogP contribution in [0.4, 0.5) is 0 Å². The second-order valence-corrected chi connectivity index (χ2v) is 3.18. The van der Waals surface area contributed by atoms with Gasteiger partial charge in [0.2, 0.25) is 0 Å². The SMILES string of the molecule is C=C(CCC(=O)O)Cn1cc(C#N)cn1. The summed E-state index contributed by atoms with van der Waals surface area (Å²) in [6.07, 6.45) is 3.57. The first-order valence-corrected chi connectivity index (χ1v) is 4.43. The van der Waals surface area contributed by atoms with Gasteiger partial charge in [-0.3, -0.25) is 9.48 Å². The summed E-state index contributed by atoms with van der Waals surface area (Å²) in [5, 5.41) is 21.0. The van der Waals surface area contributed by atoms with Crippen LogP contribution in [0.1, 0.15) is 18.4 Å². The molecule has 0 fully saturated rings. The number of hydrogen-bond donors (Lipinski definition) is 1.